The Balaban J connectivity index is 0.938. The quantitative estimate of drug-likeness (QED) is 0.135. The summed E-state index contributed by atoms with van der Waals surface area (Å²) in [6, 6.07) is 108. The summed E-state index contributed by atoms with van der Waals surface area (Å²) in [5.74, 6) is 1.74. The first-order valence-electron chi connectivity index (χ1n) is 30.3. The Kier molecular flexibility index (Phi) is 11.5. The number of aromatic nitrogens is 7. The lowest BCUT2D eigenvalue weighted by Gasteiger charge is -2.19. The Bertz CT molecular complexity index is 5890. The molecule has 13 aromatic carbocycles. The van der Waals surface area contributed by atoms with Gasteiger partial charge in [0, 0.05) is 82.3 Å². The molecule has 0 atom stereocenters. The molecule has 0 saturated heterocycles. The van der Waals surface area contributed by atoms with Crippen LogP contribution in [0.2, 0.25) is 0 Å². The van der Waals surface area contributed by atoms with E-state index in [1.807, 2.05) is 48.5 Å². The van der Waals surface area contributed by atoms with Gasteiger partial charge in [-0.3, -0.25) is 0 Å². The molecule has 0 aliphatic rings. The summed E-state index contributed by atoms with van der Waals surface area (Å²) in [6.07, 6.45) is 0. The van der Waals surface area contributed by atoms with Gasteiger partial charge in [-0.1, -0.05) is 212 Å². The first-order valence-corrected chi connectivity index (χ1v) is 30.3. The minimum absolute atomic E-state index is 0.558. The maximum Gasteiger partial charge on any atom is 0.187 e. The Morgan fingerprint density at radius 2 is 0.611 bits per heavy atom. The molecule has 0 bridgehead atoms. The van der Waals surface area contributed by atoms with E-state index < -0.39 is 0 Å². The number of hydrogen-bond donors (Lipinski definition) is 0. The fraction of sp³-hybridized carbons (Fsp3) is 0. The monoisotopic (exact) mass is 1150 g/mol. The van der Waals surface area contributed by atoms with Gasteiger partial charge < -0.3 is 18.3 Å². The van der Waals surface area contributed by atoms with Crippen LogP contribution in [0.5, 0.6) is 0 Å². The van der Waals surface area contributed by atoms with Crippen LogP contribution in [0, 0.1) is 6.57 Å². The predicted molar refractivity (Wildman–Crippen MR) is 371 cm³/mol. The third-order valence-corrected chi connectivity index (χ3v) is 18.0. The minimum atomic E-state index is 0.558. The molecule has 0 amide bonds. The van der Waals surface area contributed by atoms with Crippen molar-refractivity contribution in [2.75, 3.05) is 0 Å². The molecular formula is C82H50N8. The number of hydrogen-bond acceptors (Lipinski definition) is 3. The van der Waals surface area contributed by atoms with Gasteiger partial charge in [0.2, 0.25) is 0 Å². The minimum Gasteiger partial charge on any atom is -0.309 e. The SMILES string of the molecule is [C-]#[N+]c1ccc(-c2cc(-c3cc(-c4nc(-c5ccccc5)nc(-c5ccccc5)n4)ccc3-n3c4ccccc4c4c3ccc3c5ccccc5n(-c5ccccc5)c34)ccc2-n2c3ccccc3c3c2ccc2c4ccccc4n(-c4ccccc4)c23)cc1. The van der Waals surface area contributed by atoms with Crippen LogP contribution in [-0.4, -0.2) is 33.2 Å². The Morgan fingerprint density at radius 1 is 0.256 bits per heavy atom. The van der Waals surface area contributed by atoms with Crippen molar-refractivity contribution in [1.82, 2.24) is 33.2 Å². The first kappa shape index (κ1) is 50.8. The summed E-state index contributed by atoms with van der Waals surface area (Å²) in [7, 11) is 0. The van der Waals surface area contributed by atoms with Gasteiger partial charge in [-0.05, 0) is 102 Å². The number of para-hydroxylation sites is 6. The third-order valence-electron chi connectivity index (χ3n) is 18.0. The lowest BCUT2D eigenvalue weighted by atomic mass is 9.94. The van der Waals surface area contributed by atoms with E-state index in [0.29, 0.717) is 23.2 Å². The van der Waals surface area contributed by atoms with Crippen molar-refractivity contribution in [2.45, 2.75) is 0 Å². The highest BCUT2D eigenvalue weighted by Crippen LogP contribution is 2.47. The average molecular weight is 1150 g/mol. The second-order valence-electron chi connectivity index (χ2n) is 23.0. The highest BCUT2D eigenvalue weighted by atomic mass is 15.1. The zero-order chi connectivity index (χ0) is 59.4. The zero-order valence-corrected chi connectivity index (χ0v) is 48.4. The lowest BCUT2D eigenvalue weighted by molar-refractivity contribution is 1.07. The van der Waals surface area contributed by atoms with Crippen molar-refractivity contribution in [3.05, 3.63) is 315 Å². The molecule has 0 aliphatic heterocycles. The van der Waals surface area contributed by atoms with Crippen molar-refractivity contribution in [3.8, 4) is 79.2 Å². The van der Waals surface area contributed by atoms with Crippen LogP contribution in [0.4, 0.5) is 5.69 Å². The van der Waals surface area contributed by atoms with E-state index in [1.165, 1.54) is 32.3 Å². The summed E-state index contributed by atoms with van der Waals surface area (Å²) in [4.78, 5) is 19.6. The fourth-order valence-electron chi connectivity index (χ4n) is 14.1. The summed E-state index contributed by atoms with van der Waals surface area (Å²) in [5, 5.41) is 9.42. The zero-order valence-electron chi connectivity index (χ0n) is 48.4. The summed E-state index contributed by atoms with van der Waals surface area (Å²) >= 11 is 0. The number of nitrogens with zero attached hydrogens (tertiary/aromatic N) is 8. The first-order chi connectivity index (χ1) is 44.6. The number of rotatable bonds is 9. The van der Waals surface area contributed by atoms with Gasteiger partial charge in [0.15, 0.2) is 23.2 Å². The van der Waals surface area contributed by atoms with Gasteiger partial charge in [-0.2, -0.15) is 0 Å². The van der Waals surface area contributed by atoms with Crippen molar-refractivity contribution in [1.29, 1.82) is 0 Å². The van der Waals surface area contributed by atoms with Crippen LogP contribution >= 0.6 is 0 Å². The van der Waals surface area contributed by atoms with Crippen LogP contribution in [0.15, 0.2) is 303 Å². The Morgan fingerprint density at radius 3 is 1.07 bits per heavy atom. The van der Waals surface area contributed by atoms with Gasteiger partial charge in [-0.15, -0.1) is 0 Å². The lowest BCUT2D eigenvalue weighted by Crippen LogP contribution is -2.02. The van der Waals surface area contributed by atoms with Crippen LogP contribution in [0.25, 0.3) is 171 Å². The van der Waals surface area contributed by atoms with Gasteiger partial charge in [0.25, 0.3) is 0 Å². The van der Waals surface area contributed by atoms with E-state index in [0.717, 1.165) is 117 Å². The molecule has 8 nitrogen and oxygen atoms in total. The Labute approximate surface area is 517 Å². The molecule has 0 unspecified atom stereocenters. The highest BCUT2D eigenvalue weighted by molar-refractivity contribution is 6.28. The topological polar surface area (TPSA) is 62.8 Å². The number of benzene rings is 13. The predicted octanol–water partition coefficient (Wildman–Crippen LogP) is 21.1. The van der Waals surface area contributed by atoms with Crippen LogP contribution < -0.4 is 0 Å². The van der Waals surface area contributed by atoms with E-state index in [2.05, 4.69) is 278 Å². The van der Waals surface area contributed by atoms with Gasteiger partial charge in [-0.25, -0.2) is 19.8 Å². The van der Waals surface area contributed by atoms with Gasteiger partial charge >= 0.3 is 0 Å². The van der Waals surface area contributed by atoms with E-state index in [4.69, 9.17) is 21.5 Å². The molecule has 18 aromatic rings. The largest absolute Gasteiger partial charge is 0.309 e. The highest BCUT2D eigenvalue weighted by Gasteiger charge is 2.26. The van der Waals surface area contributed by atoms with Crippen molar-refractivity contribution in [2.24, 2.45) is 0 Å². The molecule has 0 saturated carbocycles. The Hall–Kier alpha value is -12.4. The molecular weight excluding hydrogens is 1100 g/mol. The molecule has 5 heterocycles. The van der Waals surface area contributed by atoms with Crippen molar-refractivity contribution < 1.29 is 0 Å². The van der Waals surface area contributed by atoms with Crippen molar-refractivity contribution in [3.63, 3.8) is 0 Å². The van der Waals surface area contributed by atoms with Crippen LogP contribution in [0.1, 0.15) is 0 Å². The van der Waals surface area contributed by atoms with Gasteiger partial charge in [0.1, 0.15) is 0 Å². The molecule has 418 valence electrons. The van der Waals surface area contributed by atoms with E-state index in [1.54, 1.807) is 0 Å². The summed E-state index contributed by atoms with van der Waals surface area (Å²) in [6.45, 7) is 8.04. The average Bonchev–Trinajstić information content (AvgIpc) is 1.56. The summed E-state index contributed by atoms with van der Waals surface area (Å²) in [5.41, 5.74) is 20.3. The molecule has 8 heteroatoms. The second kappa shape index (κ2) is 20.3. The molecule has 0 aliphatic carbocycles. The molecule has 90 heavy (non-hydrogen) atoms. The van der Waals surface area contributed by atoms with E-state index in [-0.39, 0.29) is 0 Å². The number of fused-ring (bicyclic) bond motifs is 14. The third kappa shape index (κ3) is 7.83. The maximum atomic E-state index is 8.04. The molecule has 5 aromatic heterocycles. The fourth-order valence-corrected chi connectivity index (χ4v) is 14.1. The smallest absolute Gasteiger partial charge is 0.187 e. The van der Waals surface area contributed by atoms with E-state index >= 15 is 0 Å². The molecule has 0 spiro atoms. The molecule has 0 fully saturated rings. The van der Waals surface area contributed by atoms with E-state index in [9.17, 15) is 0 Å². The second-order valence-corrected chi connectivity index (χ2v) is 23.0. The van der Waals surface area contributed by atoms with Crippen LogP contribution in [0.3, 0.4) is 0 Å². The maximum absolute atomic E-state index is 8.04. The molecule has 0 N–H and O–H groups in total. The standard InChI is InChI=1S/C82H50N8/c1-83-57-42-38-52(39-43-57)66-50-55(40-46-72(66)89-70-36-20-16-32-64(70)76-74(89)48-44-62-60-30-14-18-34-68(60)87(78(62)76)58-26-10-4-11-27-58)67-51-56(82-85-80(53-22-6-2-7-23-53)84-81(86-82)54-24-8-3-9-25-54)41-47-73(67)90-71-37-21-17-33-65(71)77-75(90)49-45-63-61-31-15-19-35-69(61)88(79(63)77)59-28-12-5-13-29-59/h2-51H. The summed E-state index contributed by atoms with van der Waals surface area (Å²) < 4.78 is 9.77. The molecule has 18 rings (SSSR count). The van der Waals surface area contributed by atoms with Crippen LogP contribution in [-0.2, 0) is 0 Å². The van der Waals surface area contributed by atoms with Crippen molar-refractivity contribution >= 4 is 92.9 Å². The normalized spacial score (nSPS) is 11.8. The molecule has 0 radical (unpaired) electrons. The van der Waals surface area contributed by atoms with Gasteiger partial charge in [0.05, 0.1) is 62.1 Å².